The van der Waals surface area contributed by atoms with Crippen LogP contribution in [0.1, 0.15) is 52.7 Å². The third-order valence-corrected chi connectivity index (χ3v) is 5.90. The van der Waals surface area contributed by atoms with Gasteiger partial charge in [0.05, 0.1) is 11.5 Å². The third-order valence-electron chi connectivity index (χ3n) is 4.28. The summed E-state index contributed by atoms with van der Waals surface area (Å²) in [7, 11) is 0. The summed E-state index contributed by atoms with van der Waals surface area (Å²) in [6.45, 7) is 1.79. The molecule has 0 bridgehead atoms. The summed E-state index contributed by atoms with van der Waals surface area (Å²) >= 11 is 13.5. The highest BCUT2D eigenvalue weighted by atomic mass is 35.5. The Morgan fingerprint density at radius 1 is 1.15 bits per heavy atom. The number of hydrogen-bond acceptors (Lipinski definition) is 4. The van der Waals surface area contributed by atoms with Crippen LogP contribution >= 0.6 is 34.5 Å². The molecule has 0 aliphatic heterocycles. The number of aryl methyl sites for hydroxylation is 2. The summed E-state index contributed by atoms with van der Waals surface area (Å²) in [5.74, 6) is 0.183. The van der Waals surface area contributed by atoms with E-state index in [-0.39, 0.29) is 12.4 Å². The van der Waals surface area contributed by atoms with E-state index in [0.717, 1.165) is 41.0 Å². The van der Waals surface area contributed by atoms with Gasteiger partial charge in [0.1, 0.15) is 0 Å². The maximum atomic E-state index is 12.3. The van der Waals surface area contributed by atoms with Crippen LogP contribution in [0.5, 0.6) is 0 Å². The summed E-state index contributed by atoms with van der Waals surface area (Å²) in [6.07, 6.45) is 4.63. The number of aliphatic hydroxyl groups is 1. The van der Waals surface area contributed by atoms with Crippen molar-refractivity contribution in [1.82, 2.24) is 0 Å². The molecule has 2 rings (SSSR count). The lowest BCUT2D eigenvalue weighted by Crippen LogP contribution is -2.40. The average Bonchev–Trinajstić information content (AvgIpc) is 3.05. The van der Waals surface area contributed by atoms with Crippen molar-refractivity contribution in [3.8, 4) is 0 Å². The minimum Gasteiger partial charge on any atom is -0.394 e. The lowest BCUT2D eigenvalue weighted by molar-refractivity contribution is 0.0983. The molecule has 0 spiro atoms. The molecular formula is C20H25Cl2NO2S. The van der Waals surface area contributed by atoms with Crippen LogP contribution < -0.4 is 5.73 Å². The number of hydrogen-bond donors (Lipinski definition) is 2. The molecule has 0 amide bonds. The lowest BCUT2D eigenvalue weighted by Gasteiger charge is -2.20. The summed E-state index contributed by atoms with van der Waals surface area (Å²) in [5, 5.41) is 10.5. The SMILES string of the molecule is CC(N)(CO)CCc1ccc(C(=O)CCCCc2cc(Cl)cc(Cl)c2)s1. The van der Waals surface area contributed by atoms with Gasteiger partial charge < -0.3 is 10.8 Å². The number of ketones is 1. The molecule has 1 unspecified atom stereocenters. The third kappa shape index (κ3) is 7.01. The number of aliphatic hydroxyl groups excluding tert-OH is 1. The van der Waals surface area contributed by atoms with Gasteiger partial charge in [-0.3, -0.25) is 4.79 Å². The van der Waals surface area contributed by atoms with Crippen molar-refractivity contribution < 1.29 is 9.90 Å². The number of unbranched alkanes of at least 4 members (excludes halogenated alkanes) is 1. The molecule has 1 aromatic carbocycles. The van der Waals surface area contributed by atoms with Crippen molar-refractivity contribution in [2.75, 3.05) is 6.61 Å². The number of Topliss-reactive ketones (excluding diaryl/α,β-unsaturated/α-hetero) is 1. The molecule has 0 fully saturated rings. The highest BCUT2D eigenvalue weighted by Gasteiger charge is 2.17. The van der Waals surface area contributed by atoms with Gasteiger partial charge in [0.25, 0.3) is 0 Å². The summed E-state index contributed by atoms with van der Waals surface area (Å²) in [6, 6.07) is 9.43. The Balaban J connectivity index is 1.76. The van der Waals surface area contributed by atoms with Crippen LogP contribution in [0.25, 0.3) is 0 Å². The highest BCUT2D eigenvalue weighted by molar-refractivity contribution is 7.14. The molecule has 1 aromatic heterocycles. The smallest absolute Gasteiger partial charge is 0.172 e. The molecule has 3 N–H and O–H groups in total. The Hall–Kier alpha value is -0.910. The number of halogens is 2. The van der Waals surface area contributed by atoms with Gasteiger partial charge in [-0.05, 0) is 74.9 Å². The second kappa shape index (κ2) is 9.86. The van der Waals surface area contributed by atoms with Crippen LogP contribution in [0.3, 0.4) is 0 Å². The number of benzene rings is 1. The Morgan fingerprint density at radius 3 is 2.50 bits per heavy atom. The van der Waals surface area contributed by atoms with Crippen LogP contribution in [-0.4, -0.2) is 23.0 Å². The molecule has 26 heavy (non-hydrogen) atoms. The molecule has 142 valence electrons. The Bertz CT molecular complexity index is 723. The lowest BCUT2D eigenvalue weighted by atomic mass is 9.98. The largest absolute Gasteiger partial charge is 0.394 e. The summed E-state index contributed by atoms with van der Waals surface area (Å²) in [4.78, 5) is 14.3. The van der Waals surface area contributed by atoms with Crippen molar-refractivity contribution >= 4 is 40.3 Å². The van der Waals surface area contributed by atoms with Crippen LogP contribution in [0, 0.1) is 0 Å². The van der Waals surface area contributed by atoms with E-state index >= 15 is 0 Å². The van der Waals surface area contributed by atoms with E-state index in [1.165, 1.54) is 11.3 Å². The fourth-order valence-electron chi connectivity index (χ4n) is 2.64. The Labute approximate surface area is 169 Å². The van der Waals surface area contributed by atoms with E-state index in [1.807, 2.05) is 31.2 Å². The first kappa shape index (κ1) is 21.4. The normalized spacial score (nSPS) is 13.6. The maximum Gasteiger partial charge on any atom is 0.172 e. The topological polar surface area (TPSA) is 63.3 Å². The van der Waals surface area contributed by atoms with Gasteiger partial charge in [-0.2, -0.15) is 0 Å². The van der Waals surface area contributed by atoms with E-state index < -0.39 is 5.54 Å². The van der Waals surface area contributed by atoms with Gasteiger partial charge in [-0.25, -0.2) is 0 Å². The molecule has 6 heteroatoms. The van der Waals surface area contributed by atoms with Gasteiger partial charge in [0.15, 0.2) is 5.78 Å². The standard InChI is InChI=1S/C20H25Cl2NO2S/c1-20(23,13-24)9-8-17-6-7-19(26-17)18(25)5-3-2-4-14-10-15(21)12-16(22)11-14/h6-7,10-12,24H,2-5,8-9,13,23H2,1H3. The molecule has 0 saturated heterocycles. The van der Waals surface area contributed by atoms with E-state index in [4.69, 9.17) is 28.9 Å². The van der Waals surface area contributed by atoms with E-state index in [9.17, 15) is 9.90 Å². The number of rotatable bonds is 10. The highest BCUT2D eigenvalue weighted by Crippen LogP contribution is 2.23. The molecular weight excluding hydrogens is 389 g/mol. The van der Waals surface area contributed by atoms with E-state index in [1.54, 1.807) is 6.07 Å². The second-order valence-corrected chi connectivity index (χ2v) is 9.03. The molecule has 3 nitrogen and oxygen atoms in total. The number of thiophene rings is 1. The van der Waals surface area contributed by atoms with Gasteiger partial charge in [0.2, 0.25) is 0 Å². The summed E-state index contributed by atoms with van der Waals surface area (Å²) in [5.41, 5.74) is 6.48. The zero-order valence-corrected chi connectivity index (χ0v) is 17.3. The number of nitrogens with two attached hydrogens (primary N) is 1. The zero-order chi connectivity index (χ0) is 19.2. The molecule has 0 aliphatic rings. The van der Waals surface area contributed by atoms with Crippen molar-refractivity contribution in [3.05, 3.63) is 55.7 Å². The second-order valence-electron chi connectivity index (χ2n) is 6.99. The molecule has 1 atom stereocenters. The van der Waals surface area contributed by atoms with Crippen LogP contribution in [0.4, 0.5) is 0 Å². The minimum atomic E-state index is -0.572. The van der Waals surface area contributed by atoms with Gasteiger partial charge in [-0.1, -0.05) is 23.2 Å². The first-order chi connectivity index (χ1) is 12.3. The van der Waals surface area contributed by atoms with Crippen LogP contribution in [-0.2, 0) is 12.8 Å². The molecule has 0 aliphatic carbocycles. The Kier molecular flexibility index (Phi) is 8.11. The fourth-order valence-corrected chi connectivity index (χ4v) is 4.19. The predicted molar refractivity (Wildman–Crippen MR) is 111 cm³/mol. The molecule has 0 saturated carbocycles. The quantitative estimate of drug-likeness (QED) is 0.410. The maximum absolute atomic E-state index is 12.3. The summed E-state index contributed by atoms with van der Waals surface area (Å²) < 4.78 is 0. The van der Waals surface area contributed by atoms with Gasteiger partial charge in [-0.15, -0.1) is 11.3 Å². The van der Waals surface area contributed by atoms with E-state index in [2.05, 4.69) is 0 Å². The van der Waals surface area contributed by atoms with Crippen molar-refractivity contribution in [2.24, 2.45) is 5.73 Å². The average molecular weight is 414 g/mol. The van der Waals surface area contributed by atoms with Gasteiger partial charge in [0, 0.05) is 26.9 Å². The number of carbonyl (C=O) groups excluding carboxylic acids is 1. The first-order valence-electron chi connectivity index (χ1n) is 8.76. The molecule has 0 radical (unpaired) electrons. The monoisotopic (exact) mass is 413 g/mol. The van der Waals surface area contributed by atoms with Crippen LogP contribution in [0.2, 0.25) is 10.0 Å². The Morgan fingerprint density at radius 2 is 1.85 bits per heavy atom. The fraction of sp³-hybridized carbons (Fsp3) is 0.450. The van der Waals surface area contributed by atoms with Crippen molar-refractivity contribution in [3.63, 3.8) is 0 Å². The first-order valence-corrected chi connectivity index (χ1v) is 10.3. The van der Waals surface area contributed by atoms with E-state index in [0.29, 0.717) is 22.9 Å². The van der Waals surface area contributed by atoms with Gasteiger partial charge >= 0.3 is 0 Å². The molecule has 1 heterocycles. The zero-order valence-electron chi connectivity index (χ0n) is 14.9. The van der Waals surface area contributed by atoms with Crippen LogP contribution in [0.15, 0.2) is 30.3 Å². The number of carbonyl (C=O) groups is 1. The minimum absolute atomic E-state index is 0.0397. The van der Waals surface area contributed by atoms with Crippen molar-refractivity contribution in [1.29, 1.82) is 0 Å². The van der Waals surface area contributed by atoms with Crippen molar-refractivity contribution in [2.45, 2.75) is 51.0 Å². The predicted octanol–water partition coefficient (Wildman–Crippen LogP) is 5.29. The molecule has 2 aromatic rings.